The second-order valence-corrected chi connectivity index (χ2v) is 8.30. The molecule has 3 aliphatic rings. The number of amides is 2. The number of benzene rings is 2. The van der Waals surface area contributed by atoms with Crippen LogP contribution in [-0.2, 0) is 9.59 Å². The highest BCUT2D eigenvalue weighted by Crippen LogP contribution is 2.49. The third kappa shape index (κ3) is 2.85. The molecular weight excluding hydrogens is 414 g/mol. The topological polar surface area (TPSA) is 110 Å². The molecule has 164 valence electrons. The van der Waals surface area contributed by atoms with Crippen LogP contribution in [0.2, 0.25) is 0 Å². The van der Waals surface area contributed by atoms with Gasteiger partial charge in [0.2, 0.25) is 11.8 Å². The van der Waals surface area contributed by atoms with Crippen molar-refractivity contribution in [2.45, 2.75) is 24.9 Å². The highest BCUT2D eigenvalue weighted by Gasteiger charge is 2.65. The van der Waals surface area contributed by atoms with Crippen molar-refractivity contribution < 1.29 is 24.0 Å². The number of carbonyl (C=O) groups is 3. The molecule has 9 nitrogen and oxygen atoms in total. The van der Waals surface area contributed by atoms with E-state index in [0.717, 1.165) is 17.7 Å². The Hall–Kier alpha value is -3.59. The summed E-state index contributed by atoms with van der Waals surface area (Å²) in [6.45, 7) is 0.654. The standard InChI is InChI=1S/C23H21N3O6/c1-32-17-10-9-14(26(30)31)12-16(17)25-22(28)18-15-8-5-11-24(15)20(19(18)23(25)29)21(27)13-6-3-2-4-7-13/h2-4,6-7,9-10,12,15,18-20H,5,8,11H2,1H3/t15-,18+,19+,20-/m1/s1. The van der Waals surface area contributed by atoms with E-state index in [2.05, 4.69) is 0 Å². The third-order valence-corrected chi connectivity index (χ3v) is 6.79. The average Bonchev–Trinajstić information content (AvgIpc) is 3.45. The smallest absolute Gasteiger partial charge is 0.271 e. The van der Waals surface area contributed by atoms with Crippen LogP contribution in [0.4, 0.5) is 11.4 Å². The van der Waals surface area contributed by atoms with Gasteiger partial charge in [0.25, 0.3) is 5.69 Å². The number of hydrogen-bond donors (Lipinski definition) is 0. The van der Waals surface area contributed by atoms with Gasteiger partial charge in [0, 0.05) is 23.7 Å². The fourth-order valence-corrected chi connectivity index (χ4v) is 5.49. The van der Waals surface area contributed by atoms with Crippen molar-refractivity contribution in [3.63, 3.8) is 0 Å². The van der Waals surface area contributed by atoms with Crippen molar-refractivity contribution in [3.05, 3.63) is 64.2 Å². The van der Waals surface area contributed by atoms with E-state index in [9.17, 15) is 24.5 Å². The predicted molar refractivity (Wildman–Crippen MR) is 113 cm³/mol. The first-order valence-electron chi connectivity index (χ1n) is 10.5. The van der Waals surface area contributed by atoms with Crippen molar-refractivity contribution in [1.82, 2.24) is 4.90 Å². The van der Waals surface area contributed by atoms with Crippen molar-refractivity contribution in [2.75, 3.05) is 18.6 Å². The number of hydrogen-bond acceptors (Lipinski definition) is 7. The van der Waals surface area contributed by atoms with Crippen LogP contribution in [0, 0.1) is 22.0 Å². The first-order valence-corrected chi connectivity index (χ1v) is 10.5. The van der Waals surface area contributed by atoms with Crippen molar-refractivity contribution in [3.8, 4) is 5.75 Å². The lowest BCUT2D eigenvalue weighted by Crippen LogP contribution is -2.46. The minimum absolute atomic E-state index is 0.0431. The third-order valence-electron chi connectivity index (χ3n) is 6.79. The highest BCUT2D eigenvalue weighted by molar-refractivity contribution is 6.25. The summed E-state index contributed by atoms with van der Waals surface area (Å²) in [5.74, 6) is -2.43. The molecule has 0 bridgehead atoms. The zero-order valence-electron chi connectivity index (χ0n) is 17.3. The number of rotatable bonds is 5. The minimum atomic E-state index is -0.829. The van der Waals surface area contributed by atoms with E-state index in [-0.39, 0.29) is 28.9 Å². The molecule has 5 rings (SSSR count). The molecule has 3 heterocycles. The molecule has 0 aromatic heterocycles. The van der Waals surface area contributed by atoms with Gasteiger partial charge >= 0.3 is 0 Å². The van der Waals surface area contributed by atoms with Gasteiger partial charge in [-0.15, -0.1) is 0 Å². The molecule has 0 aliphatic carbocycles. The number of ketones is 1. The van der Waals surface area contributed by atoms with Gasteiger partial charge in [-0.05, 0) is 25.5 Å². The van der Waals surface area contributed by atoms with Crippen LogP contribution < -0.4 is 9.64 Å². The Kier molecular flexibility index (Phi) is 4.78. The van der Waals surface area contributed by atoms with Gasteiger partial charge in [0.05, 0.1) is 29.9 Å². The van der Waals surface area contributed by atoms with Crippen molar-refractivity contribution in [1.29, 1.82) is 0 Å². The molecule has 32 heavy (non-hydrogen) atoms. The summed E-state index contributed by atoms with van der Waals surface area (Å²) in [5, 5.41) is 11.3. The van der Waals surface area contributed by atoms with Gasteiger partial charge in [-0.3, -0.25) is 29.4 Å². The van der Waals surface area contributed by atoms with E-state index in [4.69, 9.17) is 4.74 Å². The quantitative estimate of drug-likeness (QED) is 0.307. The summed E-state index contributed by atoms with van der Waals surface area (Å²) >= 11 is 0. The Balaban J connectivity index is 1.59. The first kappa shape index (κ1) is 20.3. The lowest BCUT2D eigenvalue weighted by Gasteiger charge is -2.28. The van der Waals surface area contributed by atoms with Crippen LogP contribution in [0.25, 0.3) is 0 Å². The van der Waals surface area contributed by atoms with Crippen LogP contribution in [0.1, 0.15) is 23.2 Å². The van der Waals surface area contributed by atoms with Gasteiger partial charge in [-0.2, -0.15) is 0 Å². The predicted octanol–water partition coefficient (Wildman–Crippen LogP) is 2.44. The van der Waals surface area contributed by atoms with Gasteiger partial charge in [-0.1, -0.05) is 30.3 Å². The van der Waals surface area contributed by atoms with Crippen LogP contribution in [0.3, 0.4) is 0 Å². The average molecular weight is 435 g/mol. The van der Waals surface area contributed by atoms with Crippen LogP contribution in [0.5, 0.6) is 5.75 Å². The summed E-state index contributed by atoms with van der Waals surface area (Å²) in [5.41, 5.74) is 0.287. The zero-order chi connectivity index (χ0) is 22.6. The number of fused-ring (bicyclic) bond motifs is 3. The molecule has 0 spiro atoms. The van der Waals surface area contributed by atoms with Gasteiger partial charge in [0.1, 0.15) is 11.4 Å². The lowest BCUT2D eigenvalue weighted by atomic mass is 9.85. The number of anilines is 1. The molecule has 9 heteroatoms. The van der Waals surface area contributed by atoms with Crippen LogP contribution in [0.15, 0.2) is 48.5 Å². The molecule has 3 fully saturated rings. The number of methoxy groups -OCH3 is 1. The van der Waals surface area contributed by atoms with E-state index in [0.29, 0.717) is 12.1 Å². The van der Waals surface area contributed by atoms with Gasteiger partial charge in [0.15, 0.2) is 5.78 Å². The fraction of sp³-hybridized carbons (Fsp3) is 0.348. The van der Waals surface area contributed by atoms with E-state index in [1.165, 1.54) is 25.3 Å². The number of Topliss-reactive ketones (excluding diaryl/α,β-unsaturated/α-hetero) is 1. The number of nitrogens with zero attached hydrogens (tertiary/aromatic N) is 3. The molecule has 2 aromatic carbocycles. The summed E-state index contributed by atoms with van der Waals surface area (Å²) in [7, 11) is 1.37. The summed E-state index contributed by atoms with van der Waals surface area (Å²) in [4.78, 5) is 54.3. The minimum Gasteiger partial charge on any atom is -0.495 e. The monoisotopic (exact) mass is 435 g/mol. The Labute approximate surface area is 183 Å². The second kappa shape index (κ2) is 7.52. The number of imide groups is 1. The summed E-state index contributed by atoms with van der Waals surface area (Å²) < 4.78 is 5.30. The Morgan fingerprint density at radius 3 is 2.50 bits per heavy atom. The normalized spacial score (nSPS) is 26.8. The molecule has 3 saturated heterocycles. The summed E-state index contributed by atoms with van der Waals surface area (Å²) in [6, 6.07) is 11.6. The van der Waals surface area contributed by atoms with Gasteiger partial charge in [-0.25, -0.2) is 4.90 Å². The molecule has 0 saturated carbocycles. The van der Waals surface area contributed by atoms with E-state index in [1.54, 1.807) is 24.3 Å². The Morgan fingerprint density at radius 2 is 1.81 bits per heavy atom. The van der Waals surface area contributed by atoms with E-state index in [1.807, 2.05) is 11.0 Å². The van der Waals surface area contributed by atoms with Crippen LogP contribution >= 0.6 is 0 Å². The number of nitro benzene ring substituents is 1. The maximum atomic E-state index is 13.6. The van der Waals surface area contributed by atoms with Gasteiger partial charge < -0.3 is 4.74 Å². The number of ether oxygens (including phenoxy) is 1. The number of non-ortho nitro benzene ring substituents is 1. The largest absolute Gasteiger partial charge is 0.495 e. The molecule has 4 atom stereocenters. The van der Waals surface area contributed by atoms with E-state index < -0.39 is 34.6 Å². The number of carbonyl (C=O) groups excluding carboxylic acids is 3. The maximum absolute atomic E-state index is 13.6. The molecular formula is C23H21N3O6. The highest BCUT2D eigenvalue weighted by atomic mass is 16.6. The molecule has 0 unspecified atom stereocenters. The molecule has 0 radical (unpaired) electrons. The van der Waals surface area contributed by atoms with Crippen molar-refractivity contribution in [2.24, 2.45) is 11.8 Å². The van der Waals surface area contributed by atoms with Crippen molar-refractivity contribution >= 4 is 29.0 Å². The lowest BCUT2D eigenvalue weighted by molar-refractivity contribution is -0.384. The summed E-state index contributed by atoms with van der Waals surface area (Å²) in [6.07, 6.45) is 1.56. The Morgan fingerprint density at radius 1 is 1.09 bits per heavy atom. The van der Waals surface area contributed by atoms with E-state index >= 15 is 0 Å². The second-order valence-electron chi connectivity index (χ2n) is 8.30. The Bertz CT molecular complexity index is 1130. The molecule has 3 aliphatic heterocycles. The van der Waals surface area contributed by atoms with Crippen LogP contribution in [-0.4, -0.2) is 53.2 Å². The molecule has 0 N–H and O–H groups in total. The molecule has 2 aromatic rings. The SMILES string of the molecule is COc1ccc([N+](=O)[O-])cc1N1C(=O)[C@@H]2[C@H](C1=O)[C@H](C(=O)c1ccccc1)N1CCC[C@H]21. The first-order chi connectivity index (χ1) is 15.4. The fourth-order valence-electron chi connectivity index (χ4n) is 5.49. The maximum Gasteiger partial charge on any atom is 0.271 e. The number of nitro groups is 1. The zero-order valence-corrected chi connectivity index (χ0v) is 17.3. The molecule has 2 amide bonds.